The van der Waals surface area contributed by atoms with Gasteiger partial charge in [0.15, 0.2) is 5.82 Å². The zero-order chi connectivity index (χ0) is 18.4. The molecule has 0 atom stereocenters. The van der Waals surface area contributed by atoms with Crippen LogP contribution in [0.3, 0.4) is 0 Å². The van der Waals surface area contributed by atoms with E-state index in [0.29, 0.717) is 5.56 Å². The Morgan fingerprint density at radius 2 is 2.00 bits per heavy atom. The molecule has 25 heavy (non-hydrogen) atoms. The van der Waals surface area contributed by atoms with Gasteiger partial charge in [0.1, 0.15) is 11.5 Å². The highest BCUT2D eigenvalue weighted by molar-refractivity contribution is 7.89. The van der Waals surface area contributed by atoms with Crippen molar-refractivity contribution in [2.24, 2.45) is 5.73 Å². The van der Waals surface area contributed by atoms with Crippen LogP contribution in [-0.4, -0.2) is 44.5 Å². The molecular formula is C12H12F4N6O2S. The van der Waals surface area contributed by atoms with Gasteiger partial charge in [0.2, 0.25) is 5.82 Å². The van der Waals surface area contributed by atoms with Crippen LogP contribution in [0.5, 0.6) is 0 Å². The van der Waals surface area contributed by atoms with Gasteiger partial charge in [-0.2, -0.15) is 17.5 Å². The lowest BCUT2D eigenvalue weighted by atomic mass is 10.2. The molecule has 3 heterocycles. The molecule has 2 aromatic heterocycles. The fourth-order valence-electron chi connectivity index (χ4n) is 2.32. The summed E-state index contributed by atoms with van der Waals surface area (Å²) in [5, 5.41) is 3.99. The molecule has 0 saturated heterocycles. The Balaban J connectivity index is 1.92. The fourth-order valence-corrected chi connectivity index (χ4v) is 3.22. The zero-order valence-electron chi connectivity index (χ0n) is 12.5. The van der Waals surface area contributed by atoms with Gasteiger partial charge in [0.25, 0.3) is 0 Å². The van der Waals surface area contributed by atoms with Crippen LogP contribution in [0.1, 0.15) is 11.4 Å². The summed E-state index contributed by atoms with van der Waals surface area (Å²) >= 11 is 0. The van der Waals surface area contributed by atoms with Crippen molar-refractivity contribution in [2.75, 3.05) is 6.54 Å². The molecule has 0 unspecified atom stereocenters. The Kier molecular flexibility index (Phi) is 4.25. The fraction of sp³-hybridized carbons (Fsp3) is 0.417. The molecule has 0 bridgehead atoms. The predicted molar refractivity (Wildman–Crippen MR) is 76.5 cm³/mol. The predicted octanol–water partition coefficient (Wildman–Crippen LogP) is 0.603. The summed E-state index contributed by atoms with van der Waals surface area (Å²) in [5.74, 6) is -0.897. The van der Waals surface area contributed by atoms with Crippen LogP contribution >= 0.6 is 0 Å². The van der Waals surface area contributed by atoms with Crippen LogP contribution in [0.2, 0.25) is 0 Å². The lowest BCUT2D eigenvalue weighted by Gasteiger charge is -2.26. The van der Waals surface area contributed by atoms with E-state index in [1.807, 2.05) is 0 Å². The van der Waals surface area contributed by atoms with Crippen LogP contribution in [0.25, 0.3) is 11.5 Å². The zero-order valence-corrected chi connectivity index (χ0v) is 13.3. The van der Waals surface area contributed by atoms with Gasteiger partial charge in [0, 0.05) is 19.3 Å². The maximum absolute atomic E-state index is 14.0. The van der Waals surface area contributed by atoms with Crippen molar-refractivity contribution in [2.45, 2.75) is 25.1 Å². The molecule has 0 saturated carbocycles. The second kappa shape index (κ2) is 6.00. The van der Waals surface area contributed by atoms with Gasteiger partial charge >= 0.3 is 15.5 Å². The van der Waals surface area contributed by atoms with E-state index in [0.717, 1.165) is 6.07 Å². The van der Waals surface area contributed by atoms with Crippen molar-refractivity contribution in [3.05, 3.63) is 29.5 Å². The molecule has 1 aliphatic rings. The number of fused-ring (bicyclic) bond motifs is 1. The number of hydrogen-bond acceptors (Lipinski definition) is 6. The van der Waals surface area contributed by atoms with E-state index < -0.39 is 34.4 Å². The summed E-state index contributed by atoms with van der Waals surface area (Å²) in [6.45, 7) is -1.08. The van der Waals surface area contributed by atoms with Crippen LogP contribution in [0.15, 0.2) is 12.3 Å². The molecule has 0 aromatic carbocycles. The number of nitrogens with two attached hydrogens (primary N) is 1. The number of pyridine rings is 1. The quantitative estimate of drug-likeness (QED) is 0.782. The van der Waals surface area contributed by atoms with E-state index in [-0.39, 0.29) is 34.7 Å². The maximum Gasteiger partial charge on any atom is 0.511 e. The van der Waals surface area contributed by atoms with Crippen molar-refractivity contribution >= 4 is 10.0 Å². The Morgan fingerprint density at radius 1 is 1.28 bits per heavy atom. The monoisotopic (exact) mass is 380 g/mol. The van der Waals surface area contributed by atoms with Crippen molar-refractivity contribution in [3.63, 3.8) is 0 Å². The van der Waals surface area contributed by atoms with Crippen molar-refractivity contribution in [3.8, 4) is 11.5 Å². The second-order valence-electron chi connectivity index (χ2n) is 5.24. The molecule has 13 heteroatoms. The molecule has 3 rings (SSSR count). The van der Waals surface area contributed by atoms with E-state index in [1.54, 1.807) is 0 Å². The van der Waals surface area contributed by atoms with Crippen LogP contribution in [-0.2, 0) is 29.7 Å². The molecule has 1 aliphatic heterocycles. The number of hydrogen-bond donors (Lipinski definition) is 1. The largest absolute Gasteiger partial charge is 0.511 e. The first kappa shape index (κ1) is 17.7. The van der Waals surface area contributed by atoms with Crippen molar-refractivity contribution in [1.29, 1.82) is 0 Å². The smallest absolute Gasteiger partial charge is 0.326 e. The van der Waals surface area contributed by atoms with E-state index in [4.69, 9.17) is 5.73 Å². The highest BCUT2D eigenvalue weighted by Gasteiger charge is 2.50. The minimum absolute atomic E-state index is 0.0295. The van der Waals surface area contributed by atoms with Gasteiger partial charge in [-0.25, -0.2) is 27.5 Å². The van der Waals surface area contributed by atoms with Crippen molar-refractivity contribution in [1.82, 2.24) is 24.1 Å². The molecule has 136 valence electrons. The highest BCUT2D eigenvalue weighted by atomic mass is 32.2. The third-order valence-electron chi connectivity index (χ3n) is 3.61. The average molecular weight is 380 g/mol. The van der Waals surface area contributed by atoms with Gasteiger partial charge in [-0.05, 0) is 11.6 Å². The topological polar surface area (TPSA) is 107 Å². The van der Waals surface area contributed by atoms with E-state index in [9.17, 15) is 26.0 Å². The van der Waals surface area contributed by atoms with Gasteiger partial charge in [-0.15, -0.1) is 5.10 Å². The number of rotatable bonds is 3. The molecule has 2 aromatic rings. The first-order valence-corrected chi connectivity index (χ1v) is 8.42. The SMILES string of the molecule is NCc1cnc(-c2nc3n(n2)CCN(S(=O)(=O)C(F)(F)F)C3)c(F)c1. The van der Waals surface area contributed by atoms with Gasteiger partial charge in [-0.1, -0.05) is 0 Å². The van der Waals surface area contributed by atoms with Crippen LogP contribution in [0.4, 0.5) is 17.6 Å². The first-order chi connectivity index (χ1) is 11.6. The second-order valence-corrected chi connectivity index (χ2v) is 7.17. The number of sulfonamides is 1. The standard InChI is InChI=1S/C12H12F4N6O2S/c13-8-3-7(4-17)5-18-10(8)11-19-9-6-21(1-2-22(9)20-11)25(23,24)12(14,15)16/h3,5H,1-2,4,6,17H2. The van der Waals surface area contributed by atoms with E-state index >= 15 is 0 Å². The summed E-state index contributed by atoms with van der Waals surface area (Å²) in [7, 11) is -5.47. The Labute approximate surface area is 139 Å². The molecule has 2 N–H and O–H groups in total. The number of aromatic nitrogens is 4. The maximum atomic E-state index is 14.0. The summed E-state index contributed by atoms with van der Waals surface area (Å²) in [4.78, 5) is 7.79. The normalized spacial score (nSPS) is 16.0. The Morgan fingerprint density at radius 3 is 2.60 bits per heavy atom. The molecule has 0 amide bonds. The van der Waals surface area contributed by atoms with Crippen LogP contribution < -0.4 is 5.73 Å². The van der Waals surface area contributed by atoms with E-state index in [1.165, 1.54) is 10.9 Å². The van der Waals surface area contributed by atoms with Crippen LogP contribution in [0, 0.1) is 5.82 Å². The minimum Gasteiger partial charge on any atom is -0.326 e. The molecule has 8 nitrogen and oxygen atoms in total. The van der Waals surface area contributed by atoms with Crippen molar-refractivity contribution < 1.29 is 26.0 Å². The number of nitrogens with zero attached hydrogens (tertiary/aromatic N) is 5. The summed E-state index contributed by atoms with van der Waals surface area (Å²) < 4.78 is 76.4. The molecular weight excluding hydrogens is 368 g/mol. The molecule has 0 fully saturated rings. The van der Waals surface area contributed by atoms with Gasteiger partial charge < -0.3 is 5.73 Å². The Bertz CT molecular complexity index is 911. The molecule has 0 aliphatic carbocycles. The molecule has 0 radical (unpaired) electrons. The average Bonchev–Trinajstić information content (AvgIpc) is 2.96. The number of alkyl halides is 3. The van der Waals surface area contributed by atoms with E-state index in [2.05, 4.69) is 15.1 Å². The third-order valence-corrected chi connectivity index (χ3v) is 5.18. The Hall–Kier alpha value is -2.12. The first-order valence-electron chi connectivity index (χ1n) is 6.98. The third kappa shape index (κ3) is 3.09. The summed E-state index contributed by atoms with van der Waals surface area (Å²) in [6, 6.07) is 1.16. The minimum atomic E-state index is -5.47. The lowest BCUT2D eigenvalue weighted by molar-refractivity contribution is -0.0496. The lowest BCUT2D eigenvalue weighted by Crippen LogP contribution is -2.44. The number of halogens is 4. The van der Waals surface area contributed by atoms with Gasteiger partial charge in [0.05, 0.1) is 13.1 Å². The summed E-state index contributed by atoms with van der Waals surface area (Å²) in [5.41, 5.74) is 0.244. The van der Waals surface area contributed by atoms with Gasteiger partial charge in [-0.3, -0.25) is 0 Å². The molecule has 0 spiro atoms. The summed E-state index contributed by atoms with van der Waals surface area (Å²) in [6.07, 6.45) is 1.33. The highest BCUT2D eigenvalue weighted by Crippen LogP contribution is 2.29.